The molecule has 0 saturated heterocycles. The second-order valence-electron chi connectivity index (χ2n) is 5.69. The molecule has 0 fully saturated rings. The van der Waals surface area contributed by atoms with Crippen molar-refractivity contribution in [3.05, 3.63) is 58.7 Å². The number of aryl methyl sites for hydroxylation is 1. The Balaban J connectivity index is 1.79. The number of hydrogen-bond donors (Lipinski definition) is 2. The number of hydrogen-bond acceptors (Lipinski definition) is 2. The van der Waals surface area contributed by atoms with Crippen molar-refractivity contribution in [3.8, 4) is 0 Å². The van der Waals surface area contributed by atoms with E-state index < -0.39 is 0 Å². The van der Waals surface area contributed by atoms with Crippen LogP contribution in [-0.2, 0) is 19.4 Å². The molecule has 0 amide bonds. The molecule has 3 rings (SSSR count). The molecule has 2 aromatic rings. The van der Waals surface area contributed by atoms with Crippen molar-refractivity contribution < 1.29 is 0 Å². The van der Waals surface area contributed by atoms with E-state index in [1.807, 2.05) is 12.1 Å². The van der Waals surface area contributed by atoms with Crippen molar-refractivity contribution in [3.63, 3.8) is 0 Å². The number of nitrogens with one attached hydrogen (secondary N) is 1. The summed E-state index contributed by atoms with van der Waals surface area (Å²) in [7, 11) is 0. The van der Waals surface area contributed by atoms with Gasteiger partial charge in [-0.05, 0) is 73.1 Å². The van der Waals surface area contributed by atoms with Crippen LogP contribution in [0.15, 0.2) is 36.4 Å². The Kier molecular flexibility index (Phi) is 3.64. The first kappa shape index (κ1) is 13.0. The molecular weight excluding hydrogens is 244 g/mol. The van der Waals surface area contributed by atoms with E-state index in [1.165, 1.54) is 48.1 Å². The van der Waals surface area contributed by atoms with Gasteiger partial charge >= 0.3 is 0 Å². The number of nitrogens with two attached hydrogens (primary N) is 1. The third-order valence-electron chi connectivity index (χ3n) is 4.23. The fraction of sp³-hybridized carbons (Fsp3) is 0.333. The quantitative estimate of drug-likeness (QED) is 0.822. The van der Waals surface area contributed by atoms with Crippen LogP contribution >= 0.6 is 0 Å². The first-order valence-electron chi connectivity index (χ1n) is 7.43. The zero-order valence-corrected chi connectivity index (χ0v) is 12.1. The van der Waals surface area contributed by atoms with Gasteiger partial charge in [0, 0.05) is 17.9 Å². The van der Waals surface area contributed by atoms with Gasteiger partial charge in [-0.15, -0.1) is 0 Å². The van der Waals surface area contributed by atoms with Crippen LogP contribution < -0.4 is 11.1 Å². The van der Waals surface area contributed by atoms with Gasteiger partial charge < -0.3 is 11.1 Å². The third kappa shape index (κ3) is 2.64. The first-order chi connectivity index (χ1) is 9.74. The summed E-state index contributed by atoms with van der Waals surface area (Å²) in [6.07, 6.45) is 5.09. The van der Waals surface area contributed by atoms with Crippen LogP contribution in [0.25, 0.3) is 0 Å². The predicted molar refractivity (Wildman–Crippen MR) is 86.0 cm³/mol. The van der Waals surface area contributed by atoms with E-state index in [-0.39, 0.29) is 0 Å². The van der Waals surface area contributed by atoms with Crippen molar-refractivity contribution in [1.82, 2.24) is 0 Å². The first-order valence-corrected chi connectivity index (χ1v) is 7.43. The topological polar surface area (TPSA) is 38.0 Å². The van der Waals surface area contributed by atoms with Crippen molar-refractivity contribution in [2.45, 2.75) is 39.2 Å². The lowest BCUT2D eigenvalue weighted by Crippen LogP contribution is -2.10. The van der Waals surface area contributed by atoms with E-state index in [9.17, 15) is 0 Å². The van der Waals surface area contributed by atoms with Gasteiger partial charge in [-0.3, -0.25) is 0 Å². The van der Waals surface area contributed by atoms with Gasteiger partial charge in [0.25, 0.3) is 0 Å². The second-order valence-corrected chi connectivity index (χ2v) is 5.69. The van der Waals surface area contributed by atoms with E-state index in [0.717, 1.165) is 12.2 Å². The molecule has 0 saturated carbocycles. The molecule has 2 nitrogen and oxygen atoms in total. The van der Waals surface area contributed by atoms with E-state index in [1.54, 1.807) is 5.56 Å². The minimum atomic E-state index is 0.821. The Bertz CT molecular complexity index is 600. The zero-order valence-electron chi connectivity index (χ0n) is 12.1. The molecule has 104 valence electrons. The normalized spacial score (nSPS) is 13.8. The van der Waals surface area contributed by atoms with Gasteiger partial charge in [0.15, 0.2) is 0 Å². The largest absolute Gasteiger partial charge is 0.399 e. The summed E-state index contributed by atoms with van der Waals surface area (Å²) in [6.45, 7) is 3.09. The van der Waals surface area contributed by atoms with Crippen LogP contribution in [0.2, 0.25) is 0 Å². The Labute approximate surface area is 121 Å². The molecule has 0 bridgehead atoms. The highest BCUT2D eigenvalue weighted by Crippen LogP contribution is 2.30. The SMILES string of the molecule is Cc1ccc(NCc2ccc(N)cc2)c2c1CCCC2. The van der Waals surface area contributed by atoms with Gasteiger partial charge in [0.1, 0.15) is 0 Å². The molecule has 0 aromatic heterocycles. The molecule has 20 heavy (non-hydrogen) atoms. The Hall–Kier alpha value is -1.96. The fourth-order valence-corrected chi connectivity index (χ4v) is 3.05. The standard InChI is InChI=1S/C18H22N2/c1-13-6-11-18(17-5-3-2-4-16(13)17)20-12-14-7-9-15(19)10-8-14/h6-11,20H,2-5,12,19H2,1H3. The average Bonchev–Trinajstić information content (AvgIpc) is 2.49. The maximum Gasteiger partial charge on any atom is 0.0400 e. The van der Waals surface area contributed by atoms with Crippen LogP contribution in [0.4, 0.5) is 11.4 Å². The molecule has 1 aliphatic rings. The molecule has 0 unspecified atom stereocenters. The summed E-state index contributed by atoms with van der Waals surface area (Å²) in [6, 6.07) is 12.6. The molecule has 0 aliphatic heterocycles. The summed E-state index contributed by atoms with van der Waals surface area (Å²) in [5.74, 6) is 0. The fourth-order valence-electron chi connectivity index (χ4n) is 3.05. The lowest BCUT2D eigenvalue weighted by molar-refractivity contribution is 0.682. The number of anilines is 2. The molecule has 1 aliphatic carbocycles. The van der Waals surface area contributed by atoms with Gasteiger partial charge in [-0.2, -0.15) is 0 Å². The number of rotatable bonds is 3. The predicted octanol–water partition coefficient (Wildman–Crippen LogP) is 4.07. The molecule has 0 spiro atoms. The third-order valence-corrected chi connectivity index (χ3v) is 4.23. The second kappa shape index (κ2) is 5.58. The van der Waals surface area contributed by atoms with Crippen LogP contribution in [0.3, 0.4) is 0 Å². The number of benzene rings is 2. The van der Waals surface area contributed by atoms with Crippen LogP contribution in [0.5, 0.6) is 0 Å². The highest BCUT2D eigenvalue weighted by molar-refractivity contribution is 5.58. The van der Waals surface area contributed by atoms with Crippen LogP contribution in [0, 0.1) is 6.92 Å². The molecule has 2 aromatic carbocycles. The minimum absolute atomic E-state index is 0.821. The molecular formula is C18H22N2. The average molecular weight is 266 g/mol. The summed E-state index contributed by atoms with van der Waals surface area (Å²) in [5.41, 5.74) is 13.7. The lowest BCUT2D eigenvalue weighted by atomic mass is 9.87. The smallest absolute Gasteiger partial charge is 0.0400 e. The summed E-state index contributed by atoms with van der Waals surface area (Å²) < 4.78 is 0. The zero-order chi connectivity index (χ0) is 13.9. The van der Waals surface area contributed by atoms with Crippen LogP contribution in [0.1, 0.15) is 35.1 Å². The lowest BCUT2D eigenvalue weighted by Gasteiger charge is -2.22. The van der Waals surface area contributed by atoms with Crippen LogP contribution in [-0.4, -0.2) is 0 Å². The highest BCUT2D eigenvalue weighted by Gasteiger charge is 2.14. The van der Waals surface area contributed by atoms with E-state index >= 15 is 0 Å². The summed E-state index contributed by atoms with van der Waals surface area (Å²) in [5, 5.41) is 3.59. The van der Waals surface area contributed by atoms with Gasteiger partial charge in [-0.1, -0.05) is 18.2 Å². The van der Waals surface area contributed by atoms with Crippen molar-refractivity contribution in [2.75, 3.05) is 11.1 Å². The van der Waals surface area contributed by atoms with E-state index in [2.05, 4.69) is 36.5 Å². The monoisotopic (exact) mass is 266 g/mol. The summed E-state index contributed by atoms with van der Waals surface area (Å²) in [4.78, 5) is 0. The number of fused-ring (bicyclic) bond motifs is 1. The van der Waals surface area contributed by atoms with Crippen molar-refractivity contribution in [1.29, 1.82) is 0 Å². The molecule has 0 heterocycles. The highest BCUT2D eigenvalue weighted by atomic mass is 14.9. The number of nitrogen functional groups attached to an aromatic ring is 1. The van der Waals surface area contributed by atoms with Crippen molar-refractivity contribution in [2.24, 2.45) is 0 Å². The van der Waals surface area contributed by atoms with E-state index in [0.29, 0.717) is 0 Å². The molecule has 2 heteroatoms. The Morgan fingerprint density at radius 1 is 0.950 bits per heavy atom. The summed E-state index contributed by atoms with van der Waals surface area (Å²) >= 11 is 0. The Morgan fingerprint density at radius 2 is 1.65 bits per heavy atom. The van der Waals surface area contributed by atoms with Crippen molar-refractivity contribution >= 4 is 11.4 Å². The molecule has 3 N–H and O–H groups in total. The minimum Gasteiger partial charge on any atom is -0.399 e. The maximum absolute atomic E-state index is 5.72. The van der Waals surface area contributed by atoms with Gasteiger partial charge in [0.2, 0.25) is 0 Å². The molecule has 0 atom stereocenters. The Morgan fingerprint density at radius 3 is 2.40 bits per heavy atom. The van der Waals surface area contributed by atoms with Gasteiger partial charge in [-0.25, -0.2) is 0 Å². The van der Waals surface area contributed by atoms with E-state index in [4.69, 9.17) is 5.73 Å². The maximum atomic E-state index is 5.72. The van der Waals surface area contributed by atoms with Gasteiger partial charge in [0.05, 0.1) is 0 Å². The molecule has 0 radical (unpaired) electrons.